The summed E-state index contributed by atoms with van der Waals surface area (Å²) in [6, 6.07) is -0.231. The summed E-state index contributed by atoms with van der Waals surface area (Å²) in [5, 5.41) is 12.5. The van der Waals surface area contributed by atoms with Gasteiger partial charge in [-0.25, -0.2) is 8.42 Å². The van der Waals surface area contributed by atoms with Gasteiger partial charge < -0.3 is 10.4 Å². The van der Waals surface area contributed by atoms with Gasteiger partial charge in [-0.1, -0.05) is 0 Å². The molecule has 0 radical (unpaired) electrons. The molecule has 0 spiro atoms. The van der Waals surface area contributed by atoms with Crippen molar-refractivity contribution >= 4 is 22.2 Å². The van der Waals surface area contributed by atoms with E-state index in [1.165, 1.54) is 12.8 Å². The Morgan fingerprint density at radius 1 is 1.29 bits per heavy atom. The molecule has 2 fully saturated rings. The maximum absolute atomic E-state index is 11.1. The minimum Gasteiger partial charge on any atom is -0.390 e. The van der Waals surface area contributed by atoms with Gasteiger partial charge in [-0.05, 0) is 25.3 Å². The van der Waals surface area contributed by atoms with Crippen molar-refractivity contribution in [1.82, 2.24) is 5.32 Å². The number of halogens is 1. The first-order valence-corrected chi connectivity index (χ1v) is 6.51. The summed E-state index contributed by atoms with van der Waals surface area (Å²) in [6.07, 6.45) is 1.77. The average Bonchev–Trinajstić information content (AvgIpc) is 2.75. The summed E-state index contributed by atoms with van der Waals surface area (Å²) in [4.78, 5) is 0. The van der Waals surface area contributed by atoms with Crippen molar-refractivity contribution < 1.29 is 13.5 Å². The summed E-state index contributed by atoms with van der Waals surface area (Å²) in [5.41, 5.74) is 0. The lowest BCUT2D eigenvalue weighted by molar-refractivity contribution is 0.165. The van der Waals surface area contributed by atoms with Crippen molar-refractivity contribution in [3.63, 3.8) is 0 Å². The highest BCUT2D eigenvalue weighted by atomic mass is 35.5. The normalized spacial score (nSPS) is 35.2. The summed E-state index contributed by atoms with van der Waals surface area (Å²) in [7, 11) is -2.98. The monoisotopic (exact) mass is 241 g/mol. The van der Waals surface area contributed by atoms with Crippen LogP contribution >= 0.6 is 12.4 Å². The summed E-state index contributed by atoms with van der Waals surface area (Å²) in [6.45, 7) is 0.858. The zero-order chi connectivity index (χ0) is 9.47. The first kappa shape index (κ1) is 12.2. The van der Waals surface area contributed by atoms with Crippen LogP contribution in [-0.2, 0) is 9.84 Å². The van der Waals surface area contributed by atoms with Crippen molar-refractivity contribution in [2.24, 2.45) is 5.92 Å². The van der Waals surface area contributed by atoms with Gasteiger partial charge in [-0.2, -0.15) is 0 Å². The van der Waals surface area contributed by atoms with Crippen LogP contribution in [0.5, 0.6) is 0 Å². The molecular weight excluding hydrogens is 226 g/mol. The molecule has 2 atom stereocenters. The molecule has 0 aromatic carbocycles. The predicted octanol–water partition coefficient (Wildman–Crippen LogP) is -0.434. The zero-order valence-electron chi connectivity index (χ0n) is 7.85. The summed E-state index contributed by atoms with van der Waals surface area (Å²) >= 11 is 0. The van der Waals surface area contributed by atoms with Crippen LogP contribution in [0.1, 0.15) is 12.8 Å². The largest absolute Gasteiger partial charge is 0.390 e. The Labute approximate surface area is 90.4 Å². The van der Waals surface area contributed by atoms with E-state index in [2.05, 4.69) is 5.32 Å². The molecule has 1 aliphatic carbocycles. The second kappa shape index (κ2) is 4.35. The van der Waals surface area contributed by atoms with Crippen LogP contribution in [-0.4, -0.2) is 43.7 Å². The predicted molar refractivity (Wildman–Crippen MR) is 56.4 cm³/mol. The molecular formula is C8H16ClNO3S. The standard InChI is InChI=1S/C8H15NO3S.ClH/c10-8-5-13(11,12)4-7(8)9-3-6-1-2-6;/h6-10H,1-5H2;1H/t7-,8-;/m0./s1. The fraction of sp³-hybridized carbons (Fsp3) is 1.00. The second-order valence-corrected chi connectivity index (χ2v) is 6.26. The smallest absolute Gasteiger partial charge is 0.154 e. The zero-order valence-corrected chi connectivity index (χ0v) is 9.48. The van der Waals surface area contributed by atoms with E-state index in [1.807, 2.05) is 0 Å². The van der Waals surface area contributed by atoms with Gasteiger partial charge in [0.1, 0.15) is 0 Å². The van der Waals surface area contributed by atoms with Crippen LogP contribution < -0.4 is 5.32 Å². The molecule has 84 valence electrons. The molecule has 6 heteroatoms. The summed E-state index contributed by atoms with van der Waals surface area (Å²) in [5.74, 6) is 0.742. The number of nitrogens with one attached hydrogen (secondary N) is 1. The van der Waals surface area contributed by atoms with Gasteiger partial charge in [0.05, 0.1) is 17.6 Å². The highest BCUT2D eigenvalue weighted by Gasteiger charge is 2.36. The number of aliphatic hydroxyl groups excluding tert-OH is 1. The first-order chi connectivity index (χ1) is 6.07. The quantitative estimate of drug-likeness (QED) is 0.704. The van der Waals surface area contributed by atoms with Crippen LogP contribution in [0.4, 0.5) is 0 Å². The Morgan fingerprint density at radius 2 is 1.93 bits per heavy atom. The van der Waals surface area contributed by atoms with E-state index in [1.54, 1.807) is 0 Å². The third kappa shape index (κ3) is 3.08. The molecule has 2 rings (SSSR count). The molecule has 0 aromatic heterocycles. The molecule has 1 saturated carbocycles. The van der Waals surface area contributed by atoms with E-state index in [4.69, 9.17) is 0 Å². The Morgan fingerprint density at radius 3 is 2.36 bits per heavy atom. The fourth-order valence-electron chi connectivity index (χ4n) is 1.66. The van der Waals surface area contributed by atoms with Gasteiger partial charge in [-0.3, -0.25) is 0 Å². The maximum atomic E-state index is 11.1. The third-order valence-corrected chi connectivity index (χ3v) is 4.40. The topological polar surface area (TPSA) is 66.4 Å². The Hall–Kier alpha value is 0.160. The Kier molecular flexibility index (Phi) is 3.80. The Balaban J connectivity index is 0.000000980. The van der Waals surface area contributed by atoms with Gasteiger partial charge >= 0.3 is 0 Å². The molecule has 1 heterocycles. The van der Waals surface area contributed by atoms with Gasteiger partial charge in [0, 0.05) is 6.04 Å². The molecule has 0 unspecified atom stereocenters. The fourth-order valence-corrected chi connectivity index (χ4v) is 3.44. The van der Waals surface area contributed by atoms with Crippen LogP contribution in [0.2, 0.25) is 0 Å². The van der Waals surface area contributed by atoms with Crippen molar-refractivity contribution in [3.05, 3.63) is 0 Å². The lowest BCUT2D eigenvalue weighted by Gasteiger charge is -2.13. The molecule has 1 aliphatic heterocycles. The second-order valence-electron chi connectivity index (χ2n) is 4.10. The molecule has 0 bridgehead atoms. The van der Waals surface area contributed by atoms with Crippen molar-refractivity contribution in [3.8, 4) is 0 Å². The first-order valence-electron chi connectivity index (χ1n) is 4.69. The lowest BCUT2D eigenvalue weighted by Crippen LogP contribution is -2.39. The molecule has 0 aromatic rings. The van der Waals surface area contributed by atoms with Crippen molar-refractivity contribution in [2.75, 3.05) is 18.1 Å². The van der Waals surface area contributed by atoms with Gasteiger partial charge in [0.25, 0.3) is 0 Å². The van der Waals surface area contributed by atoms with Gasteiger partial charge in [0.2, 0.25) is 0 Å². The van der Waals surface area contributed by atoms with Crippen LogP contribution in [0.25, 0.3) is 0 Å². The van der Waals surface area contributed by atoms with E-state index >= 15 is 0 Å². The lowest BCUT2D eigenvalue weighted by atomic mass is 10.2. The van der Waals surface area contributed by atoms with Gasteiger partial charge in [-0.15, -0.1) is 12.4 Å². The minimum absolute atomic E-state index is 0. The van der Waals surface area contributed by atoms with E-state index in [-0.39, 0.29) is 30.0 Å². The van der Waals surface area contributed by atoms with Crippen LogP contribution in [0.3, 0.4) is 0 Å². The molecule has 4 nitrogen and oxygen atoms in total. The number of hydrogen-bond donors (Lipinski definition) is 2. The average molecular weight is 242 g/mol. The van der Waals surface area contributed by atoms with Crippen LogP contribution in [0.15, 0.2) is 0 Å². The molecule has 0 amide bonds. The summed E-state index contributed by atoms with van der Waals surface area (Å²) < 4.78 is 22.2. The maximum Gasteiger partial charge on any atom is 0.154 e. The highest BCUT2D eigenvalue weighted by Crippen LogP contribution is 2.28. The molecule has 2 N–H and O–H groups in total. The third-order valence-electron chi connectivity index (χ3n) is 2.69. The van der Waals surface area contributed by atoms with Crippen molar-refractivity contribution in [2.45, 2.75) is 25.0 Å². The van der Waals surface area contributed by atoms with E-state index < -0.39 is 15.9 Å². The van der Waals surface area contributed by atoms with E-state index in [0.717, 1.165) is 12.5 Å². The molecule has 14 heavy (non-hydrogen) atoms. The SMILES string of the molecule is Cl.O=S1(=O)C[C@H](NCC2CC2)[C@@H](O)C1. The van der Waals surface area contributed by atoms with Crippen LogP contribution in [0, 0.1) is 5.92 Å². The number of aliphatic hydroxyl groups is 1. The number of rotatable bonds is 3. The van der Waals surface area contributed by atoms with Gasteiger partial charge in [0.15, 0.2) is 9.84 Å². The number of hydrogen-bond acceptors (Lipinski definition) is 4. The molecule has 1 saturated heterocycles. The minimum atomic E-state index is -2.98. The van der Waals surface area contributed by atoms with E-state index in [0.29, 0.717) is 0 Å². The highest BCUT2D eigenvalue weighted by molar-refractivity contribution is 7.91. The number of sulfone groups is 1. The molecule has 2 aliphatic rings. The van der Waals surface area contributed by atoms with Crippen molar-refractivity contribution in [1.29, 1.82) is 0 Å². The van der Waals surface area contributed by atoms with E-state index in [9.17, 15) is 13.5 Å². The Bertz CT molecular complexity index is 289.